The molecule has 2 fully saturated rings. The molecule has 1 aromatic carbocycles. The van der Waals surface area contributed by atoms with Gasteiger partial charge in [0, 0.05) is 30.7 Å². The molecule has 2 aliphatic rings. The fourth-order valence-electron chi connectivity index (χ4n) is 4.46. The van der Waals surface area contributed by atoms with Crippen LogP contribution < -0.4 is 5.73 Å². The van der Waals surface area contributed by atoms with Crippen molar-refractivity contribution < 1.29 is 14.7 Å². The van der Waals surface area contributed by atoms with Crippen LogP contribution in [-0.2, 0) is 22.6 Å². The highest BCUT2D eigenvalue weighted by molar-refractivity contribution is 7.15. The standard InChI is InChI=1S/C20H26N4OS.CH2O2/c21-19-22-14-17(26-19)15-24-12-5-10-20(24)9-4-11-23(18(20)25)13-8-16-6-2-1-3-7-16;2-1-3/h1-3,6-7,14H,4-5,8-13,15H2,(H2,21,22);1H,(H,2,3). The van der Waals surface area contributed by atoms with Crippen LogP contribution in [0.5, 0.6) is 0 Å². The SMILES string of the molecule is Nc1ncc(CN2CCCC23CCCN(CCc2ccccc2)C3=O)s1.O=CO. The van der Waals surface area contributed by atoms with Crippen LogP contribution in [0.2, 0.25) is 0 Å². The number of rotatable bonds is 5. The molecule has 3 N–H and O–H groups in total. The number of amides is 1. The second-order valence-corrected chi connectivity index (χ2v) is 8.61. The van der Waals surface area contributed by atoms with E-state index in [1.54, 1.807) is 0 Å². The summed E-state index contributed by atoms with van der Waals surface area (Å²) >= 11 is 1.53. The van der Waals surface area contributed by atoms with Gasteiger partial charge in [-0.05, 0) is 44.2 Å². The first kappa shape index (κ1) is 21.3. The molecule has 0 radical (unpaired) electrons. The minimum atomic E-state index is -0.312. The highest BCUT2D eigenvalue weighted by Crippen LogP contribution is 2.39. The van der Waals surface area contributed by atoms with Gasteiger partial charge in [0.25, 0.3) is 6.47 Å². The number of benzene rings is 1. The van der Waals surface area contributed by atoms with E-state index in [0.29, 0.717) is 11.0 Å². The highest BCUT2D eigenvalue weighted by Gasteiger charge is 2.50. The van der Waals surface area contributed by atoms with E-state index in [2.05, 4.69) is 39.0 Å². The molecule has 1 spiro atoms. The van der Waals surface area contributed by atoms with Crippen LogP contribution in [-0.4, -0.2) is 57.4 Å². The molecule has 1 amide bonds. The van der Waals surface area contributed by atoms with Gasteiger partial charge in [-0.15, -0.1) is 11.3 Å². The summed E-state index contributed by atoms with van der Waals surface area (Å²) in [5, 5.41) is 7.49. The Kier molecular flexibility index (Phi) is 7.22. The number of piperidine rings is 1. The molecule has 8 heteroatoms. The number of carbonyl (C=O) groups is 2. The number of hydrogen-bond acceptors (Lipinski definition) is 6. The molecule has 1 aromatic heterocycles. The van der Waals surface area contributed by atoms with E-state index >= 15 is 0 Å². The van der Waals surface area contributed by atoms with E-state index in [1.807, 2.05) is 12.3 Å². The molecule has 156 valence electrons. The van der Waals surface area contributed by atoms with Gasteiger partial charge in [0.05, 0.1) is 0 Å². The average molecular weight is 417 g/mol. The minimum absolute atomic E-state index is 0.250. The zero-order valence-electron chi connectivity index (χ0n) is 16.5. The Balaban J connectivity index is 0.000000755. The van der Waals surface area contributed by atoms with E-state index in [-0.39, 0.29) is 12.0 Å². The number of nitrogens with two attached hydrogens (primary N) is 1. The number of likely N-dealkylation sites (tertiary alicyclic amines) is 2. The molecule has 7 nitrogen and oxygen atoms in total. The first-order valence-electron chi connectivity index (χ1n) is 9.95. The van der Waals surface area contributed by atoms with Crippen molar-refractivity contribution in [2.75, 3.05) is 25.4 Å². The molecule has 3 heterocycles. The van der Waals surface area contributed by atoms with Crippen molar-refractivity contribution in [3.05, 3.63) is 47.0 Å². The van der Waals surface area contributed by atoms with Crippen molar-refractivity contribution in [3.8, 4) is 0 Å². The lowest BCUT2D eigenvalue weighted by Crippen LogP contribution is -2.59. The van der Waals surface area contributed by atoms with Crippen molar-refractivity contribution in [1.82, 2.24) is 14.8 Å². The minimum Gasteiger partial charge on any atom is -0.483 e. The number of carboxylic acid groups (broad SMARTS) is 1. The Morgan fingerprint density at radius 3 is 2.55 bits per heavy atom. The van der Waals surface area contributed by atoms with Crippen LogP contribution in [0.3, 0.4) is 0 Å². The third-order valence-corrected chi connectivity index (χ3v) is 6.57. The molecule has 2 saturated heterocycles. The van der Waals surface area contributed by atoms with E-state index in [9.17, 15) is 4.79 Å². The predicted molar refractivity (Wildman–Crippen MR) is 114 cm³/mol. The maximum absolute atomic E-state index is 13.4. The second-order valence-electron chi connectivity index (χ2n) is 7.46. The van der Waals surface area contributed by atoms with Crippen molar-refractivity contribution in [1.29, 1.82) is 0 Å². The number of nitrogens with zero attached hydrogens (tertiary/aromatic N) is 3. The monoisotopic (exact) mass is 416 g/mol. The topological polar surface area (TPSA) is 99.8 Å². The van der Waals surface area contributed by atoms with Gasteiger partial charge in [0.2, 0.25) is 5.91 Å². The Morgan fingerprint density at radius 1 is 1.21 bits per heavy atom. The molecule has 1 atom stereocenters. The van der Waals surface area contributed by atoms with Gasteiger partial charge in [-0.1, -0.05) is 30.3 Å². The normalized spacial score (nSPS) is 21.8. The number of thiazole rings is 1. The van der Waals surface area contributed by atoms with Crippen LogP contribution in [0, 0.1) is 0 Å². The largest absolute Gasteiger partial charge is 0.483 e. The van der Waals surface area contributed by atoms with Gasteiger partial charge >= 0.3 is 0 Å². The smallest absolute Gasteiger partial charge is 0.290 e. The van der Waals surface area contributed by atoms with Gasteiger partial charge in [-0.25, -0.2) is 4.98 Å². The van der Waals surface area contributed by atoms with Crippen molar-refractivity contribution in [3.63, 3.8) is 0 Å². The van der Waals surface area contributed by atoms with E-state index < -0.39 is 0 Å². The van der Waals surface area contributed by atoms with E-state index in [4.69, 9.17) is 15.6 Å². The van der Waals surface area contributed by atoms with E-state index in [0.717, 1.165) is 63.2 Å². The fourth-order valence-corrected chi connectivity index (χ4v) is 5.16. The fraction of sp³-hybridized carbons (Fsp3) is 0.476. The van der Waals surface area contributed by atoms with Gasteiger partial charge in [-0.3, -0.25) is 14.5 Å². The van der Waals surface area contributed by atoms with Crippen LogP contribution in [0.4, 0.5) is 5.13 Å². The van der Waals surface area contributed by atoms with Gasteiger partial charge in [-0.2, -0.15) is 0 Å². The first-order valence-corrected chi connectivity index (χ1v) is 10.8. The Labute approximate surface area is 175 Å². The summed E-state index contributed by atoms with van der Waals surface area (Å²) in [7, 11) is 0. The number of nitrogen functional groups attached to an aromatic ring is 1. The van der Waals surface area contributed by atoms with Crippen LogP contribution >= 0.6 is 11.3 Å². The lowest BCUT2D eigenvalue weighted by Gasteiger charge is -2.44. The van der Waals surface area contributed by atoms with Crippen molar-refractivity contribution >= 4 is 28.8 Å². The second kappa shape index (κ2) is 9.84. The molecule has 29 heavy (non-hydrogen) atoms. The van der Waals surface area contributed by atoms with Crippen LogP contribution in [0.25, 0.3) is 0 Å². The number of carbonyl (C=O) groups excluding carboxylic acids is 1. The van der Waals surface area contributed by atoms with Gasteiger partial charge in [0.1, 0.15) is 5.54 Å². The molecule has 0 aliphatic carbocycles. The molecular formula is C21H28N4O3S. The molecule has 0 bridgehead atoms. The molecule has 2 aliphatic heterocycles. The zero-order chi connectivity index (χ0) is 20.7. The first-order chi connectivity index (χ1) is 14.1. The Morgan fingerprint density at radius 2 is 1.90 bits per heavy atom. The summed E-state index contributed by atoms with van der Waals surface area (Å²) in [5.41, 5.74) is 6.76. The maximum Gasteiger partial charge on any atom is 0.290 e. The lowest BCUT2D eigenvalue weighted by molar-refractivity contribution is -0.147. The number of aromatic nitrogens is 1. The van der Waals surface area contributed by atoms with Crippen molar-refractivity contribution in [2.45, 2.75) is 44.2 Å². The third-order valence-electron chi connectivity index (χ3n) is 5.76. The van der Waals surface area contributed by atoms with Crippen LogP contribution in [0.1, 0.15) is 36.1 Å². The van der Waals surface area contributed by atoms with Gasteiger partial charge in [0.15, 0.2) is 5.13 Å². The zero-order valence-corrected chi connectivity index (χ0v) is 17.3. The Bertz CT molecular complexity index is 813. The molecule has 0 saturated carbocycles. The highest BCUT2D eigenvalue weighted by atomic mass is 32.1. The quantitative estimate of drug-likeness (QED) is 0.727. The molecular weight excluding hydrogens is 388 g/mol. The lowest BCUT2D eigenvalue weighted by atomic mass is 9.85. The summed E-state index contributed by atoms with van der Waals surface area (Å²) < 4.78 is 0. The third kappa shape index (κ3) is 4.94. The predicted octanol–water partition coefficient (Wildman–Crippen LogP) is 2.63. The Hall–Kier alpha value is -2.45. The summed E-state index contributed by atoms with van der Waals surface area (Å²) in [5.74, 6) is 0.328. The van der Waals surface area contributed by atoms with Crippen LogP contribution in [0.15, 0.2) is 36.5 Å². The summed E-state index contributed by atoms with van der Waals surface area (Å²) in [4.78, 5) is 31.6. The summed E-state index contributed by atoms with van der Waals surface area (Å²) in [6, 6.07) is 10.4. The van der Waals surface area contributed by atoms with E-state index in [1.165, 1.54) is 16.9 Å². The van der Waals surface area contributed by atoms with Gasteiger partial charge < -0.3 is 15.7 Å². The number of hydrogen-bond donors (Lipinski definition) is 2. The average Bonchev–Trinajstić information content (AvgIpc) is 3.31. The molecule has 2 aromatic rings. The molecule has 4 rings (SSSR count). The summed E-state index contributed by atoms with van der Waals surface area (Å²) in [6.07, 6.45) is 6.90. The maximum atomic E-state index is 13.4. The van der Waals surface area contributed by atoms with Crippen molar-refractivity contribution in [2.24, 2.45) is 0 Å². The molecule has 1 unspecified atom stereocenters. The number of anilines is 1. The summed E-state index contributed by atoms with van der Waals surface area (Å²) in [6.45, 7) is 3.21.